The molecule has 9 heteroatoms. The Labute approximate surface area is 149 Å². The van der Waals surface area contributed by atoms with Gasteiger partial charge in [-0.05, 0) is 12.1 Å². The first-order valence-corrected chi connectivity index (χ1v) is 7.98. The number of aliphatic hydroxyl groups is 2. The highest BCUT2D eigenvalue weighted by Gasteiger charge is 2.49. The summed E-state index contributed by atoms with van der Waals surface area (Å²) in [4.78, 5) is 35.3. The van der Waals surface area contributed by atoms with Crippen LogP contribution in [0.5, 0.6) is 0 Å². The van der Waals surface area contributed by atoms with E-state index in [4.69, 9.17) is 14.2 Å². The van der Waals surface area contributed by atoms with Gasteiger partial charge in [0.2, 0.25) is 0 Å². The minimum absolute atomic E-state index is 0.314. The number of hydrogen-bond acceptors (Lipinski definition) is 8. The monoisotopic (exact) mass is 367 g/mol. The highest BCUT2D eigenvalue weighted by Crippen LogP contribution is 2.25. The molecule has 0 aromatic heterocycles. The lowest BCUT2D eigenvalue weighted by Gasteiger charge is -2.43. The van der Waals surface area contributed by atoms with Gasteiger partial charge in [0.15, 0.2) is 18.5 Å². The number of aliphatic hydroxyl groups excluding tert-OH is 2. The van der Waals surface area contributed by atoms with Gasteiger partial charge in [-0.25, -0.2) is 0 Å². The van der Waals surface area contributed by atoms with Crippen LogP contribution in [-0.4, -0.2) is 65.3 Å². The minimum atomic E-state index is -1.59. The summed E-state index contributed by atoms with van der Waals surface area (Å²) in [6, 6.07) is 6.97. The maximum absolute atomic E-state index is 12.4. The molecule has 0 aliphatic carbocycles. The van der Waals surface area contributed by atoms with Crippen molar-refractivity contribution in [1.29, 1.82) is 0 Å². The number of esters is 2. The summed E-state index contributed by atoms with van der Waals surface area (Å²) >= 11 is 0. The van der Waals surface area contributed by atoms with Crippen LogP contribution in [0.4, 0.5) is 0 Å². The van der Waals surface area contributed by atoms with E-state index >= 15 is 0 Å². The zero-order valence-corrected chi connectivity index (χ0v) is 14.3. The van der Waals surface area contributed by atoms with Crippen molar-refractivity contribution < 1.29 is 38.8 Å². The second kappa shape index (κ2) is 8.75. The van der Waals surface area contributed by atoms with E-state index in [0.29, 0.717) is 5.56 Å². The number of amides is 1. The maximum atomic E-state index is 12.4. The number of carbonyl (C=O) groups excluding carboxylic acids is 3. The summed E-state index contributed by atoms with van der Waals surface area (Å²) in [5.41, 5.74) is 0.314. The van der Waals surface area contributed by atoms with Gasteiger partial charge in [-0.15, -0.1) is 0 Å². The van der Waals surface area contributed by atoms with Crippen molar-refractivity contribution in [2.24, 2.45) is 0 Å². The molecule has 5 atom stereocenters. The van der Waals surface area contributed by atoms with E-state index in [1.54, 1.807) is 30.3 Å². The van der Waals surface area contributed by atoms with Crippen LogP contribution in [0, 0.1) is 0 Å². The van der Waals surface area contributed by atoms with Gasteiger partial charge >= 0.3 is 11.9 Å². The fraction of sp³-hybridized carbons (Fsp3) is 0.471. The fourth-order valence-corrected chi connectivity index (χ4v) is 2.71. The van der Waals surface area contributed by atoms with Crippen LogP contribution >= 0.6 is 0 Å². The van der Waals surface area contributed by atoms with Crippen molar-refractivity contribution in [3.63, 3.8) is 0 Å². The first kappa shape index (κ1) is 19.8. The first-order chi connectivity index (χ1) is 12.3. The highest BCUT2D eigenvalue weighted by molar-refractivity contribution is 5.94. The lowest BCUT2D eigenvalue weighted by molar-refractivity contribution is -0.262. The van der Waals surface area contributed by atoms with Crippen LogP contribution in [-0.2, 0) is 23.8 Å². The molecule has 9 nitrogen and oxygen atoms in total. The average Bonchev–Trinajstić information content (AvgIpc) is 2.60. The third-order valence-electron chi connectivity index (χ3n) is 3.78. The molecule has 2 unspecified atom stereocenters. The number of rotatable bonds is 5. The summed E-state index contributed by atoms with van der Waals surface area (Å²) in [5, 5.41) is 22.2. The van der Waals surface area contributed by atoms with E-state index in [2.05, 4.69) is 5.32 Å². The largest absolute Gasteiger partial charge is 0.456 e. The van der Waals surface area contributed by atoms with Crippen molar-refractivity contribution in [1.82, 2.24) is 5.32 Å². The van der Waals surface area contributed by atoms with E-state index in [1.807, 2.05) is 0 Å². The van der Waals surface area contributed by atoms with Crippen molar-refractivity contribution >= 4 is 17.8 Å². The molecular formula is C17H21NO8. The lowest BCUT2D eigenvalue weighted by atomic mass is 9.96. The Kier molecular flexibility index (Phi) is 6.67. The lowest BCUT2D eigenvalue weighted by Crippen LogP contribution is -2.66. The molecular weight excluding hydrogens is 346 g/mol. The van der Waals surface area contributed by atoms with Crippen LogP contribution in [0.1, 0.15) is 24.2 Å². The van der Waals surface area contributed by atoms with E-state index in [0.717, 1.165) is 13.8 Å². The second-order valence-electron chi connectivity index (χ2n) is 5.76. The van der Waals surface area contributed by atoms with Gasteiger partial charge < -0.3 is 29.7 Å². The Balaban J connectivity index is 2.28. The quantitative estimate of drug-likeness (QED) is 0.586. The van der Waals surface area contributed by atoms with E-state index in [-0.39, 0.29) is 0 Å². The van der Waals surface area contributed by atoms with Crippen molar-refractivity contribution in [2.45, 2.75) is 44.5 Å². The van der Waals surface area contributed by atoms with Crippen molar-refractivity contribution in [3.05, 3.63) is 35.9 Å². The predicted octanol–water partition coefficient (Wildman–Crippen LogP) is -0.642. The molecule has 3 N–H and O–H groups in total. The molecule has 1 amide bonds. The predicted molar refractivity (Wildman–Crippen MR) is 86.8 cm³/mol. The second-order valence-corrected chi connectivity index (χ2v) is 5.76. The van der Waals surface area contributed by atoms with Crippen LogP contribution in [0.2, 0.25) is 0 Å². The van der Waals surface area contributed by atoms with Gasteiger partial charge in [0.05, 0.1) is 6.61 Å². The summed E-state index contributed by atoms with van der Waals surface area (Å²) < 4.78 is 15.5. The van der Waals surface area contributed by atoms with E-state index in [1.165, 1.54) is 0 Å². The van der Waals surface area contributed by atoms with Gasteiger partial charge in [-0.1, -0.05) is 18.2 Å². The molecule has 0 saturated carbocycles. The third-order valence-corrected chi connectivity index (χ3v) is 3.78. The Morgan fingerprint density at radius 2 is 1.65 bits per heavy atom. The van der Waals surface area contributed by atoms with E-state index in [9.17, 15) is 24.6 Å². The first-order valence-electron chi connectivity index (χ1n) is 7.98. The molecule has 0 radical (unpaired) electrons. The number of carbonyl (C=O) groups is 3. The van der Waals surface area contributed by atoms with Gasteiger partial charge in [0, 0.05) is 19.4 Å². The average molecular weight is 367 g/mol. The van der Waals surface area contributed by atoms with Gasteiger partial charge in [-0.2, -0.15) is 0 Å². The van der Waals surface area contributed by atoms with E-state index < -0.39 is 55.1 Å². The van der Waals surface area contributed by atoms with Crippen LogP contribution < -0.4 is 5.32 Å². The Hall–Kier alpha value is -2.49. The standard InChI is InChI=1S/C17H21NO8/c1-9(20)24-14-12(8-19)26-17(23)13(15(14)25-10(2)21)18-16(22)11-6-4-3-5-7-11/h3-7,12-15,17,19,23H,8H2,1-2H3,(H,18,22)/t12?,13-,14+,15+,17?/m0/s1. The number of benzene rings is 1. The minimum Gasteiger partial charge on any atom is -0.456 e. The molecule has 0 bridgehead atoms. The molecule has 1 saturated heterocycles. The molecule has 1 aromatic carbocycles. The SMILES string of the molecule is CC(=O)O[C@@H]1[C@H](NC(=O)c2ccccc2)C(O)OC(CO)[C@H]1OC(C)=O. The number of ether oxygens (including phenoxy) is 3. The van der Waals surface area contributed by atoms with Crippen LogP contribution in [0.25, 0.3) is 0 Å². The maximum Gasteiger partial charge on any atom is 0.303 e. The molecule has 0 spiro atoms. The third kappa shape index (κ3) is 4.78. The summed E-state index contributed by atoms with van der Waals surface area (Å²) in [5.74, 6) is -1.95. The van der Waals surface area contributed by atoms with Crippen molar-refractivity contribution in [3.8, 4) is 0 Å². The van der Waals surface area contributed by atoms with Gasteiger partial charge in [-0.3, -0.25) is 14.4 Å². The zero-order valence-electron chi connectivity index (χ0n) is 14.3. The molecule has 142 valence electrons. The van der Waals surface area contributed by atoms with Crippen LogP contribution in [0.3, 0.4) is 0 Å². The van der Waals surface area contributed by atoms with Gasteiger partial charge in [0.1, 0.15) is 12.1 Å². The zero-order chi connectivity index (χ0) is 19.3. The van der Waals surface area contributed by atoms with Crippen LogP contribution in [0.15, 0.2) is 30.3 Å². The Morgan fingerprint density at radius 1 is 1.08 bits per heavy atom. The highest BCUT2D eigenvalue weighted by atomic mass is 16.7. The number of nitrogens with one attached hydrogen (secondary N) is 1. The smallest absolute Gasteiger partial charge is 0.303 e. The molecule has 1 heterocycles. The Bertz CT molecular complexity index is 649. The topological polar surface area (TPSA) is 131 Å². The summed E-state index contributed by atoms with van der Waals surface area (Å²) in [7, 11) is 0. The molecule has 26 heavy (non-hydrogen) atoms. The fourth-order valence-electron chi connectivity index (χ4n) is 2.71. The molecule has 1 aliphatic heterocycles. The summed E-state index contributed by atoms with van der Waals surface area (Å²) in [6.07, 6.45) is -5.16. The Morgan fingerprint density at radius 3 is 2.19 bits per heavy atom. The molecule has 1 fully saturated rings. The normalized spacial score (nSPS) is 28.1. The molecule has 2 rings (SSSR count). The number of hydrogen-bond donors (Lipinski definition) is 3. The molecule has 1 aromatic rings. The van der Waals surface area contributed by atoms with Gasteiger partial charge in [0.25, 0.3) is 5.91 Å². The molecule has 1 aliphatic rings. The van der Waals surface area contributed by atoms with Crippen molar-refractivity contribution in [2.75, 3.05) is 6.61 Å². The summed E-state index contributed by atoms with van der Waals surface area (Å²) in [6.45, 7) is 1.69.